The average Bonchev–Trinajstić information content (AvgIpc) is 3.44. The maximum absolute atomic E-state index is 12.7. The number of aromatic nitrogens is 1. The molecule has 4 aromatic rings. The predicted octanol–water partition coefficient (Wildman–Crippen LogP) is 4.62. The number of carbonyl (C=O) groups excluding carboxylic acids is 2. The Morgan fingerprint density at radius 2 is 1.67 bits per heavy atom. The third-order valence-electron chi connectivity index (χ3n) is 6.02. The van der Waals surface area contributed by atoms with Gasteiger partial charge in [0.15, 0.2) is 0 Å². The number of amides is 2. The van der Waals surface area contributed by atoms with Crippen molar-refractivity contribution < 1.29 is 9.59 Å². The maximum Gasteiger partial charge on any atom is 0.239 e. The fourth-order valence-corrected chi connectivity index (χ4v) is 5.32. The molecule has 1 unspecified atom stereocenters. The van der Waals surface area contributed by atoms with Crippen molar-refractivity contribution >= 4 is 34.5 Å². The first-order valence-electron chi connectivity index (χ1n) is 11.0. The Labute approximate surface area is 197 Å². The Bertz CT molecular complexity index is 1270. The highest BCUT2D eigenvalue weighted by atomic mass is 32.2. The van der Waals surface area contributed by atoms with Gasteiger partial charge in [0.25, 0.3) is 0 Å². The van der Waals surface area contributed by atoms with E-state index in [1.54, 1.807) is 16.7 Å². The molecule has 33 heavy (non-hydrogen) atoms. The fourth-order valence-electron chi connectivity index (χ4n) is 4.42. The lowest BCUT2D eigenvalue weighted by Crippen LogP contribution is -2.39. The third-order valence-corrected chi connectivity index (χ3v) is 6.97. The van der Waals surface area contributed by atoms with Crippen molar-refractivity contribution in [3.63, 3.8) is 0 Å². The van der Waals surface area contributed by atoms with Gasteiger partial charge in [-0.2, -0.15) is 0 Å². The van der Waals surface area contributed by atoms with E-state index in [1.807, 2.05) is 48.5 Å². The van der Waals surface area contributed by atoms with Gasteiger partial charge >= 0.3 is 0 Å². The molecule has 1 aliphatic rings. The predicted molar refractivity (Wildman–Crippen MR) is 134 cm³/mol. The van der Waals surface area contributed by atoms with Crippen LogP contribution in [0.25, 0.3) is 22.2 Å². The monoisotopic (exact) mass is 455 g/mol. The van der Waals surface area contributed by atoms with Crippen molar-refractivity contribution in [2.24, 2.45) is 0 Å². The van der Waals surface area contributed by atoms with Crippen LogP contribution < -0.4 is 5.32 Å². The lowest BCUT2D eigenvalue weighted by atomic mass is 9.87. The summed E-state index contributed by atoms with van der Waals surface area (Å²) >= 11 is 1.54. The summed E-state index contributed by atoms with van der Waals surface area (Å²) in [6.07, 6.45) is 0. The zero-order valence-electron chi connectivity index (χ0n) is 18.2. The summed E-state index contributed by atoms with van der Waals surface area (Å²) in [4.78, 5) is 29.9. The zero-order chi connectivity index (χ0) is 22.6. The molecular weight excluding hydrogens is 430 g/mol. The number of thioether (sulfide) groups is 1. The zero-order valence-corrected chi connectivity index (χ0v) is 19.0. The van der Waals surface area contributed by atoms with Crippen molar-refractivity contribution in [1.82, 2.24) is 15.2 Å². The van der Waals surface area contributed by atoms with Crippen molar-refractivity contribution in [3.05, 3.63) is 96.1 Å². The number of fused-ring (bicyclic) bond motifs is 1. The van der Waals surface area contributed by atoms with Crippen LogP contribution in [0, 0.1) is 0 Å². The minimum Gasteiger partial charge on any atom is -0.354 e. The van der Waals surface area contributed by atoms with Gasteiger partial charge < -0.3 is 15.2 Å². The summed E-state index contributed by atoms with van der Waals surface area (Å²) in [5.41, 5.74) is 5.53. The highest BCUT2D eigenvalue weighted by Gasteiger charge is 2.26. The topological polar surface area (TPSA) is 65.2 Å². The lowest BCUT2D eigenvalue weighted by molar-refractivity contribution is -0.132. The molecule has 0 radical (unpaired) electrons. The largest absolute Gasteiger partial charge is 0.354 e. The molecule has 2 N–H and O–H groups in total. The molecule has 1 saturated heterocycles. The second-order valence-corrected chi connectivity index (χ2v) is 9.12. The number of nitrogens with zero attached hydrogens (tertiary/aromatic N) is 1. The number of aromatic amines is 1. The molecule has 1 aromatic heterocycles. The number of hydrogen-bond acceptors (Lipinski definition) is 3. The smallest absolute Gasteiger partial charge is 0.239 e. The molecule has 5 rings (SSSR count). The van der Waals surface area contributed by atoms with E-state index >= 15 is 0 Å². The van der Waals surface area contributed by atoms with Crippen LogP contribution in [0.15, 0.2) is 84.9 Å². The van der Waals surface area contributed by atoms with Crippen molar-refractivity contribution in [2.75, 3.05) is 24.7 Å². The van der Waals surface area contributed by atoms with Crippen molar-refractivity contribution in [2.45, 2.75) is 5.92 Å². The van der Waals surface area contributed by atoms with Crippen LogP contribution in [0.1, 0.15) is 17.0 Å². The van der Waals surface area contributed by atoms with E-state index in [0.717, 1.165) is 33.3 Å². The van der Waals surface area contributed by atoms with Gasteiger partial charge in [0, 0.05) is 23.4 Å². The number of nitrogens with one attached hydrogen (secondary N) is 2. The molecule has 2 amide bonds. The highest BCUT2D eigenvalue weighted by Crippen LogP contribution is 2.38. The van der Waals surface area contributed by atoms with Crippen LogP contribution in [0.4, 0.5) is 0 Å². The van der Waals surface area contributed by atoms with Gasteiger partial charge in [-0.1, -0.05) is 78.9 Å². The molecule has 2 heterocycles. The molecular formula is C27H25N3O2S. The van der Waals surface area contributed by atoms with Crippen LogP contribution >= 0.6 is 11.8 Å². The Kier molecular flexibility index (Phi) is 6.17. The Morgan fingerprint density at radius 1 is 0.970 bits per heavy atom. The third kappa shape index (κ3) is 4.52. The van der Waals surface area contributed by atoms with E-state index < -0.39 is 0 Å². The Hall–Kier alpha value is -3.51. The van der Waals surface area contributed by atoms with E-state index in [1.165, 1.54) is 0 Å². The maximum atomic E-state index is 12.7. The molecule has 6 heteroatoms. The standard InChI is InChI=1S/C27H25N3O2S/c31-24(16-30-18-33-17-25(30)32)28-15-22(19-9-3-1-4-10-19)26-21-13-7-8-14-23(21)29-27(26)20-11-5-2-6-12-20/h1-14,22,29H,15-18H2,(H,28,31). The fraction of sp³-hybridized carbons (Fsp3) is 0.185. The van der Waals surface area contributed by atoms with E-state index in [-0.39, 0.29) is 24.3 Å². The minimum atomic E-state index is -0.132. The van der Waals surface area contributed by atoms with Crippen molar-refractivity contribution in [1.29, 1.82) is 0 Å². The van der Waals surface area contributed by atoms with Gasteiger partial charge in [0.2, 0.25) is 11.8 Å². The van der Waals surface area contributed by atoms with Crippen LogP contribution in [0.5, 0.6) is 0 Å². The summed E-state index contributed by atoms with van der Waals surface area (Å²) < 4.78 is 0. The molecule has 5 nitrogen and oxygen atoms in total. The summed E-state index contributed by atoms with van der Waals surface area (Å²) in [6.45, 7) is 0.548. The Morgan fingerprint density at radius 3 is 2.39 bits per heavy atom. The van der Waals surface area contributed by atoms with Crippen LogP contribution in [0.3, 0.4) is 0 Å². The first kappa shape index (κ1) is 21.3. The average molecular weight is 456 g/mol. The molecule has 1 fully saturated rings. The number of hydrogen-bond donors (Lipinski definition) is 2. The number of benzene rings is 3. The normalized spacial score (nSPS) is 14.5. The number of carbonyl (C=O) groups is 2. The summed E-state index contributed by atoms with van der Waals surface area (Å²) in [7, 11) is 0. The van der Waals surface area contributed by atoms with E-state index in [0.29, 0.717) is 18.2 Å². The van der Waals surface area contributed by atoms with Crippen LogP contribution in [-0.2, 0) is 9.59 Å². The summed E-state index contributed by atoms with van der Waals surface area (Å²) in [6, 6.07) is 28.9. The van der Waals surface area contributed by atoms with Gasteiger partial charge in [-0.25, -0.2) is 0 Å². The van der Waals surface area contributed by atoms with Crippen molar-refractivity contribution in [3.8, 4) is 11.3 Å². The molecule has 3 aromatic carbocycles. The van der Waals surface area contributed by atoms with E-state index in [9.17, 15) is 9.59 Å². The first-order chi connectivity index (χ1) is 16.2. The van der Waals surface area contributed by atoms with E-state index in [4.69, 9.17) is 0 Å². The number of rotatable bonds is 7. The lowest BCUT2D eigenvalue weighted by Gasteiger charge is -2.21. The molecule has 166 valence electrons. The van der Waals surface area contributed by atoms with Gasteiger partial charge in [-0.05, 0) is 22.8 Å². The Balaban J connectivity index is 1.52. The van der Waals surface area contributed by atoms with Crippen LogP contribution in [0.2, 0.25) is 0 Å². The molecule has 0 spiro atoms. The van der Waals surface area contributed by atoms with Crippen LogP contribution in [-0.4, -0.2) is 46.4 Å². The number of para-hydroxylation sites is 1. The molecule has 0 bridgehead atoms. The van der Waals surface area contributed by atoms with Gasteiger partial charge in [0.05, 0.1) is 17.3 Å². The highest BCUT2D eigenvalue weighted by molar-refractivity contribution is 8.00. The molecule has 1 aliphatic heterocycles. The SMILES string of the molecule is O=C(CN1CSCC1=O)NCC(c1ccccc1)c1c(-c2ccccc2)[nH]c2ccccc12. The second kappa shape index (κ2) is 9.55. The molecule has 1 atom stereocenters. The minimum absolute atomic E-state index is 0.0257. The summed E-state index contributed by atoms with van der Waals surface area (Å²) in [5.74, 6) is 0.876. The van der Waals surface area contributed by atoms with Gasteiger partial charge in [-0.15, -0.1) is 11.8 Å². The molecule has 0 saturated carbocycles. The second-order valence-electron chi connectivity index (χ2n) is 8.16. The quantitative estimate of drug-likeness (QED) is 0.428. The summed E-state index contributed by atoms with van der Waals surface area (Å²) in [5, 5.41) is 4.25. The number of H-pyrrole nitrogens is 1. The first-order valence-corrected chi connectivity index (χ1v) is 12.2. The van der Waals surface area contributed by atoms with Gasteiger partial charge in [-0.3, -0.25) is 9.59 Å². The molecule has 0 aliphatic carbocycles. The van der Waals surface area contributed by atoms with Gasteiger partial charge in [0.1, 0.15) is 6.54 Å². The van der Waals surface area contributed by atoms with E-state index in [2.05, 4.69) is 46.7 Å².